The summed E-state index contributed by atoms with van der Waals surface area (Å²) in [5.74, 6) is 1.97. The molecule has 5 heteroatoms. The van der Waals surface area contributed by atoms with Gasteiger partial charge in [0.15, 0.2) is 17.5 Å². The van der Waals surface area contributed by atoms with Crippen LogP contribution in [0.15, 0.2) is 146 Å². The Hall–Kier alpha value is -5.65. The third-order valence-electron chi connectivity index (χ3n) is 8.26. The summed E-state index contributed by atoms with van der Waals surface area (Å²) in [6.07, 6.45) is 0. The monoisotopic (exact) mass is 595 g/mol. The lowest BCUT2D eigenvalue weighted by Crippen LogP contribution is -2.00. The Kier molecular flexibility index (Phi) is 6.47. The summed E-state index contributed by atoms with van der Waals surface area (Å²) in [5.41, 5.74) is 6.41. The van der Waals surface area contributed by atoms with E-state index in [1.807, 2.05) is 72.0 Å². The second kappa shape index (κ2) is 10.8. The second-order valence-electron chi connectivity index (χ2n) is 10.9. The number of hydrogen-bond acceptors (Lipinski definition) is 4. The maximum Gasteiger partial charge on any atom is 0.164 e. The first-order valence-corrected chi connectivity index (χ1v) is 15.4. The highest BCUT2D eigenvalue weighted by molar-refractivity contribution is 7.26. The number of hydrogen-bond donors (Lipinski definition) is 0. The Morgan fingerprint density at radius 3 is 1.58 bits per heavy atom. The van der Waals surface area contributed by atoms with Crippen molar-refractivity contribution in [1.82, 2.24) is 19.5 Å². The number of aromatic nitrogens is 4. The van der Waals surface area contributed by atoms with Crippen molar-refractivity contribution in [3.8, 4) is 39.9 Å². The van der Waals surface area contributed by atoms with Gasteiger partial charge in [0.25, 0.3) is 0 Å². The molecule has 9 aromatic rings. The fourth-order valence-electron chi connectivity index (χ4n) is 6.20. The summed E-state index contributed by atoms with van der Waals surface area (Å²) in [6, 6.07) is 50.7. The van der Waals surface area contributed by atoms with Crippen molar-refractivity contribution >= 4 is 53.3 Å². The Bertz CT molecular complexity index is 2420. The molecule has 6 aromatic carbocycles. The Balaban J connectivity index is 0.00000300. The molecule has 45 heavy (non-hydrogen) atoms. The van der Waals surface area contributed by atoms with Crippen molar-refractivity contribution in [2.24, 2.45) is 0 Å². The smallest absolute Gasteiger partial charge is 0.164 e. The number of nitrogens with zero attached hydrogens (tertiary/aromatic N) is 4. The van der Waals surface area contributed by atoms with Gasteiger partial charge in [0.05, 0.1) is 15.7 Å². The maximum absolute atomic E-state index is 4.93. The van der Waals surface area contributed by atoms with E-state index >= 15 is 0 Å². The minimum absolute atomic E-state index is 0. The fraction of sp³-hybridized carbons (Fsp3) is 0. The molecule has 0 spiro atoms. The molecule has 0 fully saturated rings. The third-order valence-corrected chi connectivity index (χ3v) is 9.46. The zero-order valence-corrected chi connectivity index (χ0v) is 25.4. The maximum atomic E-state index is 4.93. The average molecular weight is 596 g/mol. The van der Waals surface area contributed by atoms with Gasteiger partial charge < -0.3 is 12.0 Å². The van der Waals surface area contributed by atoms with Gasteiger partial charge in [-0.1, -0.05) is 109 Å². The van der Waals surface area contributed by atoms with Crippen LogP contribution in [0.5, 0.6) is 0 Å². The van der Waals surface area contributed by atoms with Crippen molar-refractivity contribution in [1.29, 1.82) is 0 Å². The van der Waals surface area contributed by atoms with E-state index in [0.29, 0.717) is 17.5 Å². The summed E-state index contributed by atoms with van der Waals surface area (Å²) in [7, 11) is 0. The van der Waals surface area contributed by atoms with Crippen LogP contribution in [-0.4, -0.2) is 19.5 Å². The van der Waals surface area contributed by atoms with Crippen LogP contribution in [0.3, 0.4) is 0 Å². The molecule has 0 aliphatic heterocycles. The molecule has 3 heterocycles. The number of fused-ring (bicyclic) bond motifs is 7. The van der Waals surface area contributed by atoms with Crippen molar-refractivity contribution in [2.75, 3.05) is 0 Å². The molecule has 0 atom stereocenters. The summed E-state index contributed by atoms with van der Waals surface area (Å²) < 4.78 is 5.02. The van der Waals surface area contributed by atoms with E-state index in [-0.39, 0.29) is 7.43 Å². The fourth-order valence-corrected chi connectivity index (χ4v) is 7.44. The molecule has 0 bridgehead atoms. The van der Waals surface area contributed by atoms with E-state index < -0.39 is 0 Å². The summed E-state index contributed by atoms with van der Waals surface area (Å²) in [4.78, 5) is 14.7. The van der Waals surface area contributed by atoms with E-state index in [1.165, 1.54) is 42.0 Å². The van der Waals surface area contributed by atoms with Gasteiger partial charge in [0.2, 0.25) is 0 Å². The third kappa shape index (κ3) is 4.40. The van der Waals surface area contributed by atoms with Crippen LogP contribution >= 0.6 is 11.3 Å². The van der Waals surface area contributed by atoms with Gasteiger partial charge >= 0.3 is 0 Å². The van der Waals surface area contributed by atoms with Crippen LogP contribution in [-0.2, 0) is 0 Å². The molecule has 0 radical (unpaired) electrons. The molecule has 3 aromatic heterocycles. The Morgan fingerprint density at radius 2 is 0.933 bits per heavy atom. The van der Waals surface area contributed by atoms with Crippen molar-refractivity contribution in [2.45, 2.75) is 0 Å². The van der Waals surface area contributed by atoms with Gasteiger partial charge in [-0.25, -0.2) is 15.0 Å². The standard InChI is InChI=1S/C39H24N4S.CH3/c1-3-11-25(12-4-1)37-40-38(26-13-5-2-6-14-26)42-39(41-37)27-19-21-28(22-20-27)43-33-17-9-7-15-29(33)31-23-24-32-30-16-8-10-18-34(30)44-36(32)35(31)43;/h1-24H;1H3/q;-1. The van der Waals surface area contributed by atoms with Gasteiger partial charge in [-0.3, -0.25) is 0 Å². The summed E-state index contributed by atoms with van der Waals surface area (Å²) in [6.45, 7) is 0. The molecule has 9 rings (SSSR count). The normalized spacial score (nSPS) is 11.4. The van der Waals surface area contributed by atoms with E-state index in [2.05, 4.69) is 89.5 Å². The topological polar surface area (TPSA) is 43.6 Å². The molecule has 0 aliphatic carbocycles. The first kappa shape index (κ1) is 26.9. The minimum Gasteiger partial charge on any atom is -0.358 e. The molecule has 214 valence electrons. The largest absolute Gasteiger partial charge is 0.358 e. The van der Waals surface area contributed by atoms with Gasteiger partial charge in [-0.2, -0.15) is 0 Å². The summed E-state index contributed by atoms with van der Waals surface area (Å²) in [5, 5.41) is 5.12. The lowest BCUT2D eigenvalue weighted by molar-refractivity contribution is 1.07. The van der Waals surface area contributed by atoms with Gasteiger partial charge in [0, 0.05) is 48.6 Å². The molecular weight excluding hydrogens is 569 g/mol. The van der Waals surface area contributed by atoms with Crippen LogP contribution in [0.25, 0.3) is 81.8 Å². The quantitative estimate of drug-likeness (QED) is 0.190. The zero-order valence-electron chi connectivity index (χ0n) is 24.6. The molecule has 0 unspecified atom stereocenters. The van der Waals surface area contributed by atoms with Crippen LogP contribution in [0.1, 0.15) is 0 Å². The molecule has 0 amide bonds. The Labute approximate surface area is 264 Å². The highest BCUT2D eigenvalue weighted by Gasteiger charge is 2.18. The molecule has 0 N–H and O–H groups in total. The Morgan fingerprint density at radius 1 is 0.422 bits per heavy atom. The zero-order chi connectivity index (χ0) is 29.0. The predicted octanol–water partition coefficient (Wildman–Crippen LogP) is 10.8. The van der Waals surface area contributed by atoms with Crippen LogP contribution in [0.2, 0.25) is 0 Å². The highest BCUT2D eigenvalue weighted by atomic mass is 32.1. The van der Waals surface area contributed by atoms with Gasteiger partial charge in [-0.15, -0.1) is 11.3 Å². The molecule has 0 saturated carbocycles. The van der Waals surface area contributed by atoms with Crippen molar-refractivity contribution in [3.63, 3.8) is 0 Å². The van der Waals surface area contributed by atoms with Crippen LogP contribution in [0, 0.1) is 7.43 Å². The number of para-hydroxylation sites is 1. The minimum atomic E-state index is 0. The van der Waals surface area contributed by atoms with Crippen molar-refractivity contribution < 1.29 is 0 Å². The van der Waals surface area contributed by atoms with Gasteiger partial charge in [-0.05, 0) is 36.4 Å². The summed E-state index contributed by atoms with van der Waals surface area (Å²) >= 11 is 1.87. The SMILES string of the molecule is [CH3-].c1ccc(-c2nc(-c3ccccc3)nc(-c3ccc(-n4c5ccccc5c5ccc6c7ccccc7sc6c54)cc3)n2)cc1. The van der Waals surface area contributed by atoms with Crippen molar-refractivity contribution in [3.05, 3.63) is 153 Å². The molecular formula is C40H27N4S-. The number of rotatable bonds is 4. The van der Waals surface area contributed by atoms with E-state index in [1.54, 1.807) is 0 Å². The lowest BCUT2D eigenvalue weighted by Gasteiger charge is -2.11. The van der Waals surface area contributed by atoms with Gasteiger partial charge in [0.1, 0.15) is 0 Å². The predicted molar refractivity (Wildman–Crippen MR) is 190 cm³/mol. The van der Waals surface area contributed by atoms with E-state index in [4.69, 9.17) is 15.0 Å². The van der Waals surface area contributed by atoms with Crippen LogP contribution in [0.4, 0.5) is 0 Å². The van der Waals surface area contributed by atoms with E-state index in [0.717, 1.165) is 22.4 Å². The first-order valence-electron chi connectivity index (χ1n) is 14.6. The molecule has 4 nitrogen and oxygen atoms in total. The lowest BCUT2D eigenvalue weighted by atomic mass is 10.1. The number of thiophene rings is 1. The molecule has 0 aliphatic rings. The second-order valence-corrected chi connectivity index (χ2v) is 11.9. The number of benzene rings is 6. The molecule has 0 saturated heterocycles. The van der Waals surface area contributed by atoms with E-state index in [9.17, 15) is 0 Å². The first-order chi connectivity index (χ1) is 21.8. The average Bonchev–Trinajstić information content (AvgIpc) is 3.65. The highest BCUT2D eigenvalue weighted by Crippen LogP contribution is 2.43. The van der Waals surface area contributed by atoms with Crippen LogP contribution < -0.4 is 0 Å².